The first kappa shape index (κ1) is 24.4. The van der Waals surface area contributed by atoms with Gasteiger partial charge in [-0.15, -0.1) is 0 Å². The second kappa shape index (κ2) is 9.88. The summed E-state index contributed by atoms with van der Waals surface area (Å²) in [5, 5.41) is 2.88. The molecule has 8 heteroatoms. The van der Waals surface area contributed by atoms with Crippen LogP contribution in [-0.2, 0) is 21.7 Å². The van der Waals surface area contributed by atoms with E-state index >= 15 is 4.39 Å². The van der Waals surface area contributed by atoms with Gasteiger partial charge in [0.05, 0.1) is 13.2 Å². The van der Waals surface area contributed by atoms with Gasteiger partial charge in [0, 0.05) is 54.9 Å². The summed E-state index contributed by atoms with van der Waals surface area (Å²) in [6.45, 7) is 9.84. The van der Waals surface area contributed by atoms with Crippen LogP contribution in [0.2, 0.25) is 0 Å². The second-order valence-corrected chi connectivity index (χ2v) is 9.38. The van der Waals surface area contributed by atoms with Gasteiger partial charge in [0.2, 0.25) is 0 Å². The fraction of sp³-hybridized carbons (Fsp3) is 0.538. The van der Waals surface area contributed by atoms with Gasteiger partial charge in [-0.25, -0.2) is 4.39 Å². The standard InChI is InChI=1S/C26H34FN3O4/c1-5-30(20-6-8-33-9-7-20)23-12-19(26(27)14-34-15-26)11-21(18(23)4)24(31)28-13-22-16(2)10-17(3)29-25(22)32/h10-12,20H,5-9,13-15H2,1-4H3,(H,28,31)(H,29,32). The van der Waals surface area contributed by atoms with Crippen LogP contribution in [0.3, 0.4) is 0 Å². The number of carbonyl (C=O) groups is 1. The first-order valence-electron chi connectivity index (χ1n) is 12.0. The molecule has 2 fully saturated rings. The molecule has 1 amide bonds. The van der Waals surface area contributed by atoms with E-state index in [9.17, 15) is 9.59 Å². The number of amides is 1. The van der Waals surface area contributed by atoms with Crippen LogP contribution in [0.5, 0.6) is 0 Å². The highest BCUT2D eigenvalue weighted by molar-refractivity contribution is 5.97. The van der Waals surface area contributed by atoms with E-state index in [4.69, 9.17) is 9.47 Å². The molecule has 0 spiro atoms. The fourth-order valence-electron chi connectivity index (χ4n) is 4.93. The molecule has 2 aromatic rings. The smallest absolute Gasteiger partial charge is 0.253 e. The van der Waals surface area contributed by atoms with Crippen molar-refractivity contribution in [3.05, 3.63) is 62.1 Å². The number of rotatable bonds is 7. The molecule has 2 saturated heterocycles. The Kier molecular flexibility index (Phi) is 7.09. The molecule has 0 aliphatic carbocycles. The summed E-state index contributed by atoms with van der Waals surface area (Å²) in [4.78, 5) is 30.8. The number of aryl methyl sites for hydroxylation is 2. The van der Waals surface area contributed by atoms with Crippen molar-refractivity contribution in [3.8, 4) is 0 Å². The molecule has 34 heavy (non-hydrogen) atoms. The van der Waals surface area contributed by atoms with Crippen molar-refractivity contribution in [3.63, 3.8) is 0 Å². The van der Waals surface area contributed by atoms with Crippen molar-refractivity contribution in [2.24, 2.45) is 0 Å². The number of ether oxygens (including phenoxy) is 2. The van der Waals surface area contributed by atoms with Crippen molar-refractivity contribution in [2.75, 3.05) is 37.9 Å². The molecule has 2 N–H and O–H groups in total. The molecule has 2 aliphatic heterocycles. The highest BCUT2D eigenvalue weighted by Gasteiger charge is 2.42. The Morgan fingerprint density at radius 3 is 2.47 bits per heavy atom. The lowest BCUT2D eigenvalue weighted by molar-refractivity contribution is -0.135. The molecule has 2 aliphatic rings. The summed E-state index contributed by atoms with van der Waals surface area (Å²) in [5.41, 5.74) is 2.83. The number of nitrogens with zero attached hydrogens (tertiary/aromatic N) is 1. The van der Waals surface area contributed by atoms with Crippen LogP contribution in [0.15, 0.2) is 23.0 Å². The Labute approximate surface area is 199 Å². The largest absolute Gasteiger partial charge is 0.381 e. The lowest BCUT2D eigenvalue weighted by atomic mass is 9.89. The van der Waals surface area contributed by atoms with Crippen LogP contribution in [0, 0.1) is 20.8 Å². The second-order valence-electron chi connectivity index (χ2n) is 9.38. The van der Waals surface area contributed by atoms with Crippen LogP contribution in [0.1, 0.15) is 58.1 Å². The summed E-state index contributed by atoms with van der Waals surface area (Å²) in [6, 6.07) is 5.66. The first-order valence-corrected chi connectivity index (χ1v) is 12.0. The quantitative estimate of drug-likeness (QED) is 0.647. The molecule has 184 valence electrons. The molecule has 1 aromatic carbocycles. The minimum Gasteiger partial charge on any atom is -0.381 e. The summed E-state index contributed by atoms with van der Waals surface area (Å²) >= 11 is 0. The Morgan fingerprint density at radius 1 is 1.18 bits per heavy atom. The van der Waals surface area contributed by atoms with Crippen LogP contribution in [0.25, 0.3) is 0 Å². The first-order chi connectivity index (χ1) is 16.2. The van der Waals surface area contributed by atoms with Crippen molar-refractivity contribution in [2.45, 2.75) is 58.8 Å². The number of halogens is 1. The molecule has 4 rings (SSSR count). The van der Waals surface area contributed by atoms with E-state index in [-0.39, 0.29) is 37.3 Å². The zero-order valence-corrected chi connectivity index (χ0v) is 20.4. The number of benzene rings is 1. The van der Waals surface area contributed by atoms with Gasteiger partial charge in [0.15, 0.2) is 5.67 Å². The number of pyridine rings is 1. The average molecular weight is 472 g/mol. The predicted molar refractivity (Wildman–Crippen MR) is 129 cm³/mol. The maximum Gasteiger partial charge on any atom is 0.253 e. The summed E-state index contributed by atoms with van der Waals surface area (Å²) in [6.07, 6.45) is 1.77. The molecular formula is C26H34FN3O4. The monoisotopic (exact) mass is 471 g/mol. The van der Waals surface area contributed by atoms with Crippen LogP contribution in [-0.4, -0.2) is 49.9 Å². The zero-order valence-electron chi connectivity index (χ0n) is 20.4. The third-order valence-electron chi connectivity index (χ3n) is 7.01. The van der Waals surface area contributed by atoms with Crippen molar-refractivity contribution in [1.29, 1.82) is 0 Å². The number of hydrogen-bond acceptors (Lipinski definition) is 5. The molecule has 0 saturated carbocycles. The Bertz CT molecular complexity index is 1120. The van der Waals surface area contributed by atoms with Gasteiger partial charge in [-0.1, -0.05) is 0 Å². The normalized spacial score (nSPS) is 17.8. The predicted octanol–water partition coefficient (Wildman–Crippen LogP) is 3.43. The van der Waals surface area contributed by atoms with Crippen LogP contribution < -0.4 is 15.8 Å². The summed E-state index contributed by atoms with van der Waals surface area (Å²) < 4.78 is 26.2. The van der Waals surface area contributed by atoms with Gasteiger partial charge in [-0.2, -0.15) is 0 Å². The van der Waals surface area contributed by atoms with E-state index in [0.29, 0.717) is 29.9 Å². The topological polar surface area (TPSA) is 83.7 Å². The molecule has 1 aromatic heterocycles. The van der Waals surface area contributed by atoms with Crippen molar-refractivity contribution >= 4 is 11.6 Å². The number of aromatic amines is 1. The van der Waals surface area contributed by atoms with E-state index in [0.717, 1.165) is 41.9 Å². The molecule has 0 radical (unpaired) electrons. The number of anilines is 1. The Balaban J connectivity index is 1.68. The number of nitrogens with one attached hydrogen (secondary N) is 2. The van der Waals surface area contributed by atoms with Gasteiger partial charge < -0.3 is 24.7 Å². The van der Waals surface area contributed by atoms with Crippen LogP contribution in [0.4, 0.5) is 10.1 Å². The van der Waals surface area contributed by atoms with Gasteiger partial charge in [0.1, 0.15) is 0 Å². The van der Waals surface area contributed by atoms with E-state index in [1.54, 1.807) is 6.07 Å². The van der Waals surface area contributed by atoms with Gasteiger partial charge in [0.25, 0.3) is 11.5 Å². The number of H-pyrrole nitrogens is 1. The van der Waals surface area contributed by atoms with E-state index < -0.39 is 5.67 Å². The van der Waals surface area contributed by atoms with E-state index in [2.05, 4.69) is 22.1 Å². The number of hydrogen-bond donors (Lipinski definition) is 2. The lowest BCUT2D eigenvalue weighted by Crippen LogP contribution is -2.44. The number of alkyl halides is 1. The maximum absolute atomic E-state index is 15.5. The summed E-state index contributed by atoms with van der Waals surface area (Å²) in [5.74, 6) is -0.327. The maximum atomic E-state index is 15.5. The van der Waals surface area contributed by atoms with Gasteiger partial charge in [-0.3, -0.25) is 9.59 Å². The highest BCUT2D eigenvalue weighted by Crippen LogP contribution is 2.39. The number of carbonyl (C=O) groups excluding carboxylic acids is 1. The van der Waals surface area contributed by atoms with E-state index in [1.807, 2.05) is 32.9 Å². The molecule has 0 unspecified atom stereocenters. The Morgan fingerprint density at radius 2 is 1.88 bits per heavy atom. The number of aromatic nitrogens is 1. The lowest BCUT2D eigenvalue weighted by Gasteiger charge is -2.39. The average Bonchev–Trinajstić information content (AvgIpc) is 2.79. The van der Waals surface area contributed by atoms with Gasteiger partial charge >= 0.3 is 0 Å². The molecule has 3 heterocycles. The molecular weight excluding hydrogens is 437 g/mol. The minimum absolute atomic E-state index is 0.0160. The van der Waals surface area contributed by atoms with Gasteiger partial charge in [-0.05, 0) is 75.4 Å². The fourth-order valence-corrected chi connectivity index (χ4v) is 4.93. The highest BCUT2D eigenvalue weighted by atomic mass is 19.1. The zero-order chi connectivity index (χ0) is 24.5. The molecule has 0 bridgehead atoms. The Hall–Kier alpha value is -2.71. The molecule has 0 atom stereocenters. The third-order valence-corrected chi connectivity index (χ3v) is 7.01. The minimum atomic E-state index is -1.60. The van der Waals surface area contributed by atoms with Crippen LogP contribution >= 0.6 is 0 Å². The SMILES string of the molecule is CCN(c1cc(C2(F)COC2)cc(C(=O)NCc2c(C)cc(C)[nH]c2=O)c1C)C1CCOCC1. The third kappa shape index (κ3) is 4.74. The molecule has 7 nitrogen and oxygen atoms in total. The van der Waals surface area contributed by atoms with Crippen molar-refractivity contribution < 1.29 is 18.7 Å². The van der Waals surface area contributed by atoms with E-state index in [1.165, 1.54) is 0 Å². The summed E-state index contributed by atoms with van der Waals surface area (Å²) in [7, 11) is 0. The van der Waals surface area contributed by atoms with Crippen molar-refractivity contribution in [1.82, 2.24) is 10.3 Å².